The highest BCUT2D eigenvalue weighted by atomic mass is 16.5. The maximum atomic E-state index is 6.77. The zero-order chi connectivity index (χ0) is 27.5. The summed E-state index contributed by atoms with van der Waals surface area (Å²) in [5.41, 5.74) is 3.68. The quantitative estimate of drug-likeness (QED) is 0.109. The van der Waals surface area contributed by atoms with E-state index in [4.69, 9.17) is 4.74 Å². The lowest BCUT2D eigenvalue weighted by Gasteiger charge is -2.50. The van der Waals surface area contributed by atoms with Crippen LogP contribution in [-0.4, -0.2) is 35.7 Å². The first-order valence-electron chi connectivity index (χ1n) is 14.5. The summed E-state index contributed by atoms with van der Waals surface area (Å²) in [4.78, 5) is 4.67. The second-order valence-corrected chi connectivity index (χ2v) is 11.6. The van der Waals surface area contributed by atoms with E-state index in [0.29, 0.717) is 12.5 Å². The van der Waals surface area contributed by atoms with E-state index in [1.54, 1.807) is 0 Å². The van der Waals surface area contributed by atoms with Crippen LogP contribution in [0.5, 0.6) is 0 Å². The minimum atomic E-state index is -0.0789. The smallest absolute Gasteiger partial charge is 0.135 e. The monoisotopic (exact) mass is 527 g/mol. The number of ether oxygens (including phenoxy) is 1. The van der Waals surface area contributed by atoms with E-state index in [2.05, 4.69) is 116 Å². The molecular weight excluding hydrogens is 488 g/mol. The van der Waals surface area contributed by atoms with Crippen molar-refractivity contribution in [2.24, 2.45) is 5.92 Å². The largest absolute Gasteiger partial charge is 0.363 e. The standard InChI is InChI=1S/C37H39N2O/c1-4-12-27-20-22-39(3,26-34-30-15-8-6-13-28(30)25-29-14-7-9-16-31(29)34)36(24-27)37(40-23-5-2)33-19-21-38-35-18-11-10-17-32(33)35/h4-11,13-19,21,25,27,36-37H,1-2,12,20,22-24,26H2,3H3/q+1/t27?,36?,37-,39?/m1/s1. The normalized spacial score (nSPS) is 21.9. The Morgan fingerprint density at radius 3 is 2.27 bits per heavy atom. The highest BCUT2D eigenvalue weighted by molar-refractivity contribution is 6.02. The van der Waals surface area contributed by atoms with Gasteiger partial charge in [-0.25, -0.2) is 0 Å². The van der Waals surface area contributed by atoms with Crippen LogP contribution in [0, 0.1) is 5.92 Å². The Morgan fingerprint density at radius 2 is 1.57 bits per heavy atom. The maximum absolute atomic E-state index is 6.77. The predicted octanol–water partition coefficient (Wildman–Crippen LogP) is 8.79. The number of benzene rings is 4. The first kappa shape index (κ1) is 26.4. The molecule has 0 amide bonds. The number of pyridine rings is 1. The van der Waals surface area contributed by atoms with E-state index in [1.165, 1.54) is 44.5 Å². The molecule has 5 aromatic rings. The molecule has 40 heavy (non-hydrogen) atoms. The molecule has 0 N–H and O–H groups in total. The molecule has 4 atom stereocenters. The molecule has 3 unspecified atom stereocenters. The summed E-state index contributed by atoms with van der Waals surface area (Å²) >= 11 is 0. The maximum Gasteiger partial charge on any atom is 0.135 e. The number of rotatable bonds is 9. The lowest BCUT2D eigenvalue weighted by atomic mass is 9.81. The van der Waals surface area contributed by atoms with Crippen LogP contribution < -0.4 is 0 Å². The molecule has 6 rings (SSSR count). The Balaban J connectivity index is 1.51. The van der Waals surface area contributed by atoms with E-state index in [1.807, 2.05) is 12.3 Å². The van der Waals surface area contributed by atoms with Crippen LogP contribution in [0.3, 0.4) is 0 Å². The number of nitrogens with zero attached hydrogens (tertiary/aromatic N) is 2. The van der Waals surface area contributed by atoms with Crippen molar-refractivity contribution in [1.82, 2.24) is 4.98 Å². The summed E-state index contributed by atoms with van der Waals surface area (Å²) in [6, 6.07) is 31.0. The molecule has 1 fully saturated rings. The van der Waals surface area contributed by atoms with Crippen molar-refractivity contribution in [3.05, 3.63) is 128 Å². The number of hydrogen-bond donors (Lipinski definition) is 0. The highest BCUT2D eigenvalue weighted by Crippen LogP contribution is 2.43. The van der Waals surface area contributed by atoms with Crippen molar-refractivity contribution >= 4 is 32.4 Å². The topological polar surface area (TPSA) is 22.1 Å². The van der Waals surface area contributed by atoms with Gasteiger partial charge in [0.05, 0.1) is 25.7 Å². The van der Waals surface area contributed by atoms with Gasteiger partial charge in [0.1, 0.15) is 18.7 Å². The summed E-state index contributed by atoms with van der Waals surface area (Å²) in [5, 5.41) is 6.49. The van der Waals surface area contributed by atoms with Gasteiger partial charge in [0.25, 0.3) is 0 Å². The summed E-state index contributed by atoms with van der Waals surface area (Å²) in [6.45, 7) is 10.6. The van der Waals surface area contributed by atoms with Crippen LogP contribution in [0.15, 0.2) is 116 Å². The second kappa shape index (κ2) is 11.4. The van der Waals surface area contributed by atoms with E-state index in [-0.39, 0.29) is 12.1 Å². The van der Waals surface area contributed by atoms with Crippen molar-refractivity contribution < 1.29 is 9.22 Å². The van der Waals surface area contributed by atoms with Crippen molar-refractivity contribution in [2.45, 2.75) is 38.0 Å². The Morgan fingerprint density at radius 1 is 0.900 bits per heavy atom. The number of likely N-dealkylation sites (tertiary alicyclic amines) is 1. The summed E-state index contributed by atoms with van der Waals surface area (Å²) < 4.78 is 7.69. The molecule has 202 valence electrons. The van der Waals surface area contributed by atoms with Crippen LogP contribution in [-0.2, 0) is 11.3 Å². The SMILES string of the molecule is C=CCO[C@H](c1ccnc2ccccc12)C1CC(CC=C)CC[N+]1(C)Cc1c2ccccc2cc2ccccc12. The van der Waals surface area contributed by atoms with Crippen molar-refractivity contribution in [1.29, 1.82) is 0 Å². The second-order valence-electron chi connectivity index (χ2n) is 11.6. The summed E-state index contributed by atoms with van der Waals surface area (Å²) in [7, 11) is 2.46. The fraction of sp³-hybridized carbons (Fsp3) is 0.270. The first-order chi connectivity index (χ1) is 19.6. The fourth-order valence-corrected chi connectivity index (χ4v) is 7.04. The summed E-state index contributed by atoms with van der Waals surface area (Å²) in [6.07, 6.45) is 9.15. The first-order valence-corrected chi connectivity index (χ1v) is 14.5. The van der Waals surface area contributed by atoms with E-state index in [9.17, 15) is 0 Å². The van der Waals surface area contributed by atoms with Crippen LogP contribution in [0.2, 0.25) is 0 Å². The van der Waals surface area contributed by atoms with Gasteiger partial charge >= 0.3 is 0 Å². The van der Waals surface area contributed by atoms with Gasteiger partial charge in [0.2, 0.25) is 0 Å². The molecule has 1 aliphatic rings. The number of likely N-dealkylation sites (N-methyl/N-ethyl adjacent to an activating group) is 1. The molecule has 0 saturated carbocycles. The van der Waals surface area contributed by atoms with E-state index < -0.39 is 0 Å². The van der Waals surface area contributed by atoms with Gasteiger partial charge in [-0.3, -0.25) is 4.98 Å². The van der Waals surface area contributed by atoms with Gasteiger partial charge in [-0.1, -0.05) is 78.9 Å². The molecule has 3 heteroatoms. The molecule has 1 saturated heterocycles. The Kier molecular flexibility index (Phi) is 7.51. The number of hydrogen-bond acceptors (Lipinski definition) is 2. The number of quaternary nitrogens is 1. The average molecular weight is 528 g/mol. The van der Waals surface area contributed by atoms with Gasteiger partial charge in [0, 0.05) is 23.6 Å². The highest BCUT2D eigenvalue weighted by Gasteiger charge is 2.45. The van der Waals surface area contributed by atoms with Gasteiger partial charge in [-0.05, 0) is 64.1 Å². The molecule has 1 aromatic heterocycles. The van der Waals surface area contributed by atoms with E-state index in [0.717, 1.165) is 35.9 Å². The molecule has 3 nitrogen and oxygen atoms in total. The molecular formula is C37H39N2O+. The number of fused-ring (bicyclic) bond motifs is 3. The van der Waals surface area contributed by atoms with Crippen molar-refractivity contribution in [3.63, 3.8) is 0 Å². The third kappa shape index (κ3) is 4.96. The van der Waals surface area contributed by atoms with Crippen LogP contribution >= 0.6 is 0 Å². The Labute approximate surface area is 238 Å². The minimum Gasteiger partial charge on any atom is -0.363 e. The van der Waals surface area contributed by atoms with Crippen LogP contribution in [0.25, 0.3) is 32.4 Å². The average Bonchev–Trinajstić information content (AvgIpc) is 2.99. The summed E-state index contributed by atoms with van der Waals surface area (Å²) in [5.74, 6) is 0.598. The van der Waals surface area contributed by atoms with Crippen molar-refractivity contribution in [3.8, 4) is 0 Å². The lowest BCUT2D eigenvalue weighted by molar-refractivity contribution is -0.956. The molecule has 4 aromatic carbocycles. The third-order valence-electron chi connectivity index (χ3n) is 9.06. The van der Waals surface area contributed by atoms with Gasteiger partial charge < -0.3 is 9.22 Å². The molecule has 2 heterocycles. The van der Waals surface area contributed by atoms with Gasteiger partial charge in [-0.15, -0.1) is 13.2 Å². The van der Waals surface area contributed by atoms with Gasteiger partial charge in [-0.2, -0.15) is 0 Å². The van der Waals surface area contributed by atoms with Crippen LogP contribution in [0.4, 0.5) is 0 Å². The third-order valence-corrected chi connectivity index (χ3v) is 9.06. The lowest BCUT2D eigenvalue weighted by Crippen LogP contribution is -2.58. The van der Waals surface area contributed by atoms with Crippen molar-refractivity contribution in [2.75, 3.05) is 20.2 Å². The molecule has 0 spiro atoms. The molecule has 0 radical (unpaired) electrons. The fourth-order valence-electron chi connectivity index (χ4n) is 7.04. The Hall–Kier alpha value is -3.79. The zero-order valence-electron chi connectivity index (χ0n) is 23.5. The van der Waals surface area contributed by atoms with E-state index >= 15 is 0 Å². The molecule has 0 aliphatic carbocycles. The number of allylic oxidation sites excluding steroid dienone is 1. The minimum absolute atomic E-state index is 0.0789. The number of para-hydroxylation sites is 1. The Bertz CT molecular complexity index is 1610. The molecule has 1 aliphatic heterocycles. The molecule has 0 bridgehead atoms. The number of piperidine rings is 1. The number of aromatic nitrogens is 1. The zero-order valence-corrected chi connectivity index (χ0v) is 23.5. The van der Waals surface area contributed by atoms with Crippen LogP contribution in [0.1, 0.15) is 36.5 Å². The van der Waals surface area contributed by atoms with Gasteiger partial charge in [0.15, 0.2) is 0 Å². The predicted molar refractivity (Wildman–Crippen MR) is 168 cm³/mol.